The van der Waals surface area contributed by atoms with E-state index in [1.54, 1.807) is 27.7 Å². The van der Waals surface area contributed by atoms with E-state index in [-0.39, 0.29) is 32.1 Å². The molecular weight excluding hydrogens is 292 g/mol. The molecule has 124 valence electrons. The average molecular weight is 314 g/mol. The van der Waals surface area contributed by atoms with Crippen LogP contribution in [0.3, 0.4) is 0 Å². The number of aliphatic hydroxyl groups excluding tert-OH is 1. The average Bonchev–Trinajstić information content (AvgIpc) is 2.79. The summed E-state index contributed by atoms with van der Waals surface area (Å²) in [4.78, 5) is 27.7. The van der Waals surface area contributed by atoms with E-state index in [0.717, 1.165) is 0 Å². The highest BCUT2D eigenvalue weighted by Crippen LogP contribution is 2.25. The summed E-state index contributed by atoms with van der Waals surface area (Å²) in [7, 11) is 0. The van der Waals surface area contributed by atoms with Gasteiger partial charge in [0.25, 0.3) is 0 Å². The van der Waals surface area contributed by atoms with Gasteiger partial charge < -0.3 is 19.3 Å². The van der Waals surface area contributed by atoms with Crippen molar-refractivity contribution in [3.05, 3.63) is 0 Å². The van der Waals surface area contributed by atoms with Crippen LogP contribution in [-0.4, -0.2) is 66.0 Å². The van der Waals surface area contributed by atoms with Crippen LogP contribution >= 0.6 is 0 Å². The third-order valence-corrected chi connectivity index (χ3v) is 3.72. The summed E-state index contributed by atoms with van der Waals surface area (Å²) in [5, 5.41) is 12.2. The number of aliphatic hydroxyl groups is 1. The molecule has 0 amide bonds. The van der Waals surface area contributed by atoms with Gasteiger partial charge in [-0.1, -0.05) is 0 Å². The van der Waals surface area contributed by atoms with Gasteiger partial charge in [0, 0.05) is 0 Å². The van der Waals surface area contributed by atoms with Crippen molar-refractivity contribution >= 4 is 17.7 Å². The molecule has 8 heteroatoms. The van der Waals surface area contributed by atoms with Crippen molar-refractivity contribution in [2.75, 3.05) is 26.4 Å². The molecule has 3 unspecified atom stereocenters. The van der Waals surface area contributed by atoms with Crippen molar-refractivity contribution in [3.63, 3.8) is 0 Å². The second-order valence-corrected chi connectivity index (χ2v) is 6.51. The number of hydrogen-bond acceptors (Lipinski definition) is 8. The molecule has 2 rings (SSSR count). The molecule has 3 atom stereocenters. The first-order valence-electron chi connectivity index (χ1n) is 7.06. The Labute approximate surface area is 128 Å². The minimum absolute atomic E-state index is 0.0348. The van der Waals surface area contributed by atoms with Gasteiger partial charge in [-0.15, -0.1) is 0 Å². The van der Waals surface area contributed by atoms with Gasteiger partial charge in [-0.2, -0.15) is 0 Å². The molecule has 0 spiro atoms. The molecule has 2 N–H and O–H groups in total. The van der Waals surface area contributed by atoms with Gasteiger partial charge in [-0.3, -0.25) is 10.3 Å². The molecule has 0 saturated carbocycles. The molecule has 0 bridgehead atoms. The number of rotatable bonds is 4. The summed E-state index contributed by atoms with van der Waals surface area (Å²) in [6, 6.07) is 0. The maximum Gasteiger partial charge on any atom is 0.353 e. The van der Waals surface area contributed by atoms with Gasteiger partial charge in [0.05, 0.1) is 18.8 Å². The van der Waals surface area contributed by atoms with Gasteiger partial charge in [0.2, 0.25) is 5.72 Å². The molecule has 8 nitrogen and oxygen atoms in total. The van der Waals surface area contributed by atoms with E-state index in [1.807, 2.05) is 0 Å². The van der Waals surface area contributed by atoms with Gasteiger partial charge in [0.15, 0.2) is 0 Å². The molecular formula is C14H22N2O6. The summed E-state index contributed by atoms with van der Waals surface area (Å²) in [5.74, 6) is -1.06. The second kappa shape index (κ2) is 5.60. The Morgan fingerprint density at radius 3 is 2.64 bits per heavy atom. The van der Waals surface area contributed by atoms with Crippen LogP contribution in [0, 0.1) is 0 Å². The molecule has 1 saturated heterocycles. The zero-order valence-electron chi connectivity index (χ0n) is 13.3. The number of carbonyl (C=O) groups excluding carboxylic acids is 2. The van der Waals surface area contributed by atoms with E-state index in [2.05, 4.69) is 10.3 Å². The van der Waals surface area contributed by atoms with Gasteiger partial charge in [-0.05, 0) is 27.7 Å². The van der Waals surface area contributed by atoms with Gasteiger partial charge in [-0.25, -0.2) is 9.59 Å². The molecule has 2 aliphatic rings. The second-order valence-electron chi connectivity index (χ2n) is 6.51. The largest absolute Gasteiger partial charge is 0.460 e. The monoisotopic (exact) mass is 314 g/mol. The summed E-state index contributed by atoms with van der Waals surface area (Å²) in [6.45, 7) is 6.64. The predicted octanol–water partition coefficient (Wildman–Crippen LogP) is -0.607. The fraction of sp³-hybridized carbons (Fsp3) is 0.786. The van der Waals surface area contributed by atoms with Gasteiger partial charge >= 0.3 is 11.9 Å². The number of nitrogens with one attached hydrogen (secondary N) is 1. The van der Waals surface area contributed by atoms with Crippen LogP contribution in [0.15, 0.2) is 4.99 Å². The van der Waals surface area contributed by atoms with Crippen LogP contribution < -0.4 is 5.32 Å². The van der Waals surface area contributed by atoms with E-state index >= 15 is 0 Å². The highest BCUT2D eigenvalue weighted by atomic mass is 16.6. The summed E-state index contributed by atoms with van der Waals surface area (Å²) in [6.07, 6.45) is 0. The first kappa shape index (κ1) is 16.9. The van der Waals surface area contributed by atoms with E-state index in [9.17, 15) is 14.7 Å². The zero-order valence-corrected chi connectivity index (χ0v) is 13.3. The maximum atomic E-state index is 12.3. The number of esters is 2. The lowest BCUT2D eigenvalue weighted by molar-refractivity contribution is -0.169. The first-order chi connectivity index (χ1) is 10.1. The molecule has 0 aliphatic carbocycles. The van der Waals surface area contributed by atoms with Crippen LogP contribution in [0.4, 0.5) is 0 Å². The van der Waals surface area contributed by atoms with Crippen molar-refractivity contribution in [1.82, 2.24) is 5.32 Å². The van der Waals surface area contributed by atoms with Crippen molar-refractivity contribution in [2.45, 2.75) is 44.5 Å². The lowest BCUT2D eigenvalue weighted by Gasteiger charge is -2.31. The fourth-order valence-electron chi connectivity index (χ4n) is 2.39. The molecule has 0 radical (unpaired) electrons. The number of cyclic esters (lactones) is 1. The highest BCUT2D eigenvalue weighted by molar-refractivity contribution is 6.35. The first-order valence-corrected chi connectivity index (χ1v) is 7.06. The zero-order chi connectivity index (χ0) is 16.6. The SMILES string of the molecule is CC1=NC(C)(COC(=O)C2(C)NC(C)(CO)CO2)COC1=O. The van der Waals surface area contributed by atoms with E-state index in [4.69, 9.17) is 14.2 Å². The van der Waals surface area contributed by atoms with Crippen LogP contribution in [0.5, 0.6) is 0 Å². The minimum Gasteiger partial charge on any atom is -0.460 e. The Bertz CT molecular complexity index is 521. The fourth-order valence-corrected chi connectivity index (χ4v) is 2.39. The van der Waals surface area contributed by atoms with Crippen molar-refractivity contribution in [2.24, 2.45) is 4.99 Å². The van der Waals surface area contributed by atoms with E-state index in [0.29, 0.717) is 0 Å². The lowest BCUT2D eigenvalue weighted by Crippen LogP contribution is -2.55. The van der Waals surface area contributed by atoms with Gasteiger partial charge in [0.1, 0.15) is 24.5 Å². The Morgan fingerprint density at radius 1 is 1.41 bits per heavy atom. The van der Waals surface area contributed by atoms with E-state index < -0.39 is 28.7 Å². The van der Waals surface area contributed by atoms with Crippen LogP contribution in [-0.2, 0) is 23.8 Å². The standard InChI is InChI=1S/C14H22N2O6/c1-9-10(18)20-6-13(3,15-9)7-21-11(19)14(4)16-12(2,5-17)8-22-14/h16-17H,5-8H2,1-4H3. The quantitative estimate of drug-likeness (QED) is 0.667. The lowest BCUT2D eigenvalue weighted by atomic mass is 10.0. The molecule has 2 aliphatic heterocycles. The summed E-state index contributed by atoms with van der Waals surface area (Å²) in [5.41, 5.74) is -2.56. The Morgan fingerprint density at radius 2 is 2.09 bits per heavy atom. The third-order valence-electron chi connectivity index (χ3n) is 3.72. The smallest absolute Gasteiger partial charge is 0.353 e. The molecule has 22 heavy (non-hydrogen) atoms. The molecule has 1 fully saturated rings. The Hall–Kier alpha value is -1.51. The van der Waals surface area contributed by atoms with Crippen LogP contribution in [0.2, 0.25) is 0 Å². The predicted molar refractivity (Wildman–Crippen MR) is 76.4 cm³/mol. The summed E-state index contributed by atoms with van der Waals surface area (Å²) < 4.78 is 15.7. The Balaban J connectivity index is 1.98. The normalized spacial score (nSPS) is 38.4. The van der Waals surface area contributed by atoms with Crippen LogP contribution in [0.25, 0.3) is 0 Å². The number of hydrogen-bond donors (Lipinski definition) is 2. The summed E-state index contributed by atoms with van der Waals surface area (Å²) >= 11 is 0. The van der Waals surface area contributed by atoms with Crippen molar-refractivity contribution < 1.29 is 28.9 Å². The molecule has 0 aromatic rings. The minimum atomic E-state index is -1.32. The molecule has 0 aromatic carbocycles. The molecule has 0 aromatic heterocycles. The van der Waals surface area contributed by atoms with Crippen LogP contribution in [0.1, 0.15) is 27.7 Å². The van der Waals surface area contributed by atoms with Crippen molar-refractivity contribution in [1.29, 1.82) is 0 Å². The molecule has 2 heterocycles. The van der Waals surface area contributed by atoms with E-state index in [1.165, 1.54) is 0 Å². The number of aliphatic imine (C=N–C) groups is 1. The maximum absolute atomic E-state index is 12.3. The number of ether oxygens (including phenoxy) is 3. The third kappa shape index (κ3) is 3.29. The number of nitrogens with zero attached hydrogens (tertiary/aromatic N) is 1. The Kier molecular flexibility index (Phi) is 4.29. The van der Waals surface area contributed by atoms with Crippen molar-refractivity contribution in [3.8, 4) is 0 Å². The topological polar surface area (TPSA) is 106 Å². The number of carbonyl (C=O) groups is 2. The highest BCUT2D eigenvalue weighted by Gasteiger charge is 2.49.